The average molecular weight is 373 g/mol. The lowest BCUT2D eigenvalue weighted by atomic mass is 9.90. The van der Waals surface area contributed by atoms with Crippen molar-refractivity contribution in [2.75, 3.05) is 18.4 Å². The highest BCUT2D eigenvalue weighted by Gasteiger charge is 2.33. The molecule has 1 aromatic carbocycles. The first-order chi connectivity index (χ1) is 12.5. The quantitative estimate of drug-likeness (QED) is 0.794. The molecule has 0 saturated carbocycles. The SMILES string of the molecule is CC(C)c1cccc(C(C)C)c1NC(=O)C1CCCN(C(=O)C(C)(C)C)C1. The van der Waals surface area contributed by atoms with Crippen molar-refractivity contribution >= 4 is 17.5 Å². The van der Waals surface area contributed by atoms with E-state index in [0.29, 0.717) is 18.4 Å². The van der Waals surface area contributed by atoms with Gasteiger partial charge in [-0.2, -0.15) is 0 Å². The number of hydrogen-bond acceptors (Lipinski definition) is 2. The van der Waals surface area contributed by atoms with Crippen molar-refractivity contribution in [3.63, 3.8) is 0 Å². The number of amides is 2. The van der Waals surface area contributed by atoms with Gasteiger partial charge in [0.25, 0.3) is 0 Å². The van der Waals surface area contributed by atoms with Crippen LogP contribution in [0.25, 0.3) is 0 Å². The molecule has 0 aromatic heterocycles. The Kier molecular flexibility index (Phi) is 6.72. The second-order valence-corrected chi connectivity index (χ2v) is 9.45. The van der Waals surface area contributed by atoms with Crippen molar-refractivity contribution in [1.82, 2.24) is 4.90 Å². The molecule has 1 heterocycles. The molecule has 1 saturated heterocycles. The number of carbonyl (C=O) groups excluding carboxylic acids is 2. The minimum atomic E-state index is -0.409. The zero-order chi connectivity index (χ0) is 20.4. The van der Waals surface area contributed by atoms with Crippen LogP contribution in [0.5, 0.6) is 0 Å². The first kappa shape index (κ1) is 21.5. The Morgan fingerprint density at radius 2 is 1.63 bits per heavy atom. The Morgan fingerprint density at radius 1 is 1.07 bits per heavy atom. The maximum absolute atomic E-state index is 13.1. The molecule has 0 spiro atoms. The van der Waals surface area contributed by atoms with E-state index in [1.54, 1.807) is 0 Å². The Labute approximate surface area is 164 Å². The van der Waals surface area contributed by atoms with Crippen molar-refractivity contribution in [2.45, 2.75) is 73.1 Å². The highest BCUT2D eigenvalue weighted by molar-refractivity contribution is 5.95. The summed E-state index contributed by atoms with van der Waals surface area (Å²) in [6.45, 7) is 15.7. The number of anilines is 1. The molecule has 4 nitrogen and oxygen atoms in total. The van der Waals surface area contributed by atoms with E-state index >= 15 is 0 Å². The van der Waals surface area contributed by atoms with Gasteiger partial charge in [-0.25, -0.2) is 0 Å². The van der Waals surface area contributed by atoms with Gasteiger partial charge in [-0.05, 0) is 35.8 Å². The monoisotopic (exact) mass is 372 g/mol. The van der Waals surface area contributed by atoms with Gasteiger partial charge in [0.15, 0.2) is 0 Å². The summed E-state index contributed by atoms with van der Waals surface area (Å²) in [5.74, 6) is 0.695. The highest BCUT2D eigenvalue weighted by atomic mass is 16.2. The van der Waals surface area contributed by atoms with Crippen LogP contribution in [-0.2, 0) is 9.59 Å². The lowest BCUT2D eigenvalue weighted by Gasteiger charge is -2.36. The summed E-state index contributed by atoms with van der Waals surface area (Å²) in [6.07, 6.45) is 1.71. The summed E-state index contributed by atoms with van der Waals surface area (Å²) in [6, 6.07) is 6.27. The number of likely N-dealkylation sites (tertiary alicyclic amines) is 1. The van der Waals surface area contributed by atoms with Crippen LogP contribution >= 0.6 is 0 Å². The van der Waals surface area contributed by atoms with E-state index in [9.17, 15) is 9.59 Å². The summed E-state index contributed by atoms with van der Waals surface area (Å²) < 4.78 is 0. The van der Waals surface area contributed by atoms with Crippen LogP contribution in [0.3, 0.4) is 0 Å². The van der Waals surface area contributed by atoms with E-state index in [-0.39, 0.29) is 17.7 Å². The molecule has 1 aliphatic heterocycles. The minimum Gasteiger partial charge on any atom is -0.341 e. The number of nitrogens with zero attached hydrogens (tertiary/aromatic N) is 1. The second kappa shape index (κ2) is 8.45. The lowest BCUT2D eigenvalue weighted by Crippen LogP contribution is -2.47. The van der Waals surface area contributed by atoms with Gasteiger partial charge in [0, 0.05) is 24.2 Å². The predicted molar refractivity (Wildman–Crippen MR) is 112 cm³/mol. The first-order valence-corrected chi connectivity index (χ1v) is 10.3. The predicted octanol–water partition coefficient (Wildman–Crippen LogP) is 5.16. The van der Waals surface area contributed by atoms with E-state index in [2.05, 4.69) is 51.2 Å². The third-order valence-electron chi connectivity index (χ3n) is 5.34. The van der Waals surface area contributed by atoms with Gasteiger partial charge in [0.1, 0.15) is 0 Å². The van der Waals surface area contributed by atoms with E-state index in [1.807, 2.05) is 25.7 Å². The maximum atomic E-state index is 13.1. The zero-order valence-corrected chi connectivity index (χ0v) is 18.1. The smallest absolute Gasteiger partial charge is 0.229 e. The van der Waals surface area contributed by atoms with Gasteiger partial charge in [-0.3, -0.25) is 9.59 Å². The third-order valence-corrected chi connectivity index (χ3v) is 5.34. The topological polar surface area (TPSA) is 49.4 Å². The lowest BCUT2D eigenvalue weighted by molar-refractivity contribution is -0.142. The fraction of sp³-hybridized carbons (Fsp3) is 0.652. The van der Waals surface area contributed by atoms with E-state index in [4.69, 9.17) is 0 Å². The molecular weight excluding hydrogens is 336 g/mol. The first-order valence-electron chi connectivity index (χ1n) is 10.3. The molecule has 1 N–H and O–H groups in total. The van der Waals surface area contributed by atoms with E-state index in [1.165, 1.54) is 11.1 Å². The molecule has 0 bridgehead atoms. The summed E-state index contributed by atoms with van der Waals surface area (Å²) in [7, 11) is 0. The van der Waals surface area contributed by atoms with Crippen LogP contribution in [0.15, 0.2) is 18.2 Å². The fourth-order valence-electron chi connectivity index (χ4n) is 3.77. The number of hydrogen-bond donors (Lipinski definition) is 1. The van der Waals surface area contributed by atoms with Crippen molar-refractivity contribution in [2.24, 2.45) is 11.3 Å². The normalized spacial score (nSPS) is 18.1. The molecule has 1 fully saturated rings. The molecule has 1 aliphatic rings. The molecule has 2 amide bonds. The second-order valence-electron chi connectivity index (χ2n) is 9.45. The standard InChI is InChI=1S/C23H36N2O2/c1-15(2)18-11-8-12-19(16(3)4)20(18)24-21(26)17-10-9-13-25(14-17)22(27)23(5,6)7/h8,11-12,15-17H,9-10,13-14H2,1-7H3,(H,24,26). The Hall–Kier alpha value is -1.84. The number of benzene rings is 1. The van der Waals surface area contributed by atoms with E-state index in [0.717, 1.165) is 25.1 Å². The molecule has 2 rings (SSSR count). The van der Waals surface area contributed by atoms with Crippen LogP contribution in [-0.4, -0.2) is 29.8 Å². The minimum absolute atomic E-state index is 0.0383. The highest BCUT2D eigenvalue weighted by Crippen LogP contribution is 2.33. The van der Waals surface area contributed by atoms with Gasteiger partial charge in [0.2, 0.25) is 11.8 Å². The van der Waals surface area contributed by atoms with Crippen molar-refractivity contribution in [3.05, 3.63) is 29.3 Å². The number of para-hydroxylation sites is 1. The summed E-state index contributed by atoms with van der Waals surface area (Å²) >= 11 is 0. The van der Waals surface area contributed by atoms with Crippen molar-refractivity contribution in [1.29, 1.82) is 0 Å². The Bertz CT molecular complexity index is 660. The van der Waals surface area contributed by atoms with Gasteiger partial charge >= 0.3 is 0 Å². The summed E-state index contributed by atoms with van der Waals surface area (Å²) in [4.78, 5) is 27.6. The summed E-state index contributed by atoms with van der Waals surface area (Å²) in [5.41, 5.74) is 2.90. The van der Waals surface area contributed by atoms with Crippen LogP contribution in [0.1, 0.15) is 84.3 Å². The third kappa shape index (κ3) is 5.12. The molecule has 0 radical (unpaired) electrons. The van der Waals surface area contributed by atoms with Gasteiger partial charge in [0.05, 0.1) is 5.92 Å². The van der Waals surface area contributed by atoms with Crippen molar-refractivity contribution < 1.29 is 9.59 Å². The van der Waals surface area contributed by atoms with Gasteiger partial charge in [-0.15, -0.1) is 0 Å². The van der Waals surface area contributed by atoms with Crippen LogP contribution in [0.4, 0.5) is 5.69 Å². The number of rotatable bonds is 4. The number of carbonyl (C=O) groups is 2. The molecule has 27 heavy (non-hydrogen) atoms. The molecule has 4 heteroatoms. The number of nitrogens with one attached hydrogen (secondary N) is 1. The largest absolute Gasteiger partial charge is 0.341 e. The molecule has 1 atom stereocenters. The molecule has 0 aliphatic carbocycles. The van der Waals surface area contributed by atoms with Crippen LogP contribution < -0.4 is 5.32 Å². The molecular formula is C23H36N2O2. The average Bonchev–Trinajstić information content (AvgIpc) is 2.60. The van der Waals surface area contributed by atoms with Gasteiger partial charge < -0.3 is 10.2 Å². The van der Waals surface area contributed by atoms with Gasteiger partial charge in [-0.1, -0.05) is 66.7 Å². The Morgan fingerprint density at radius 3 is 2.11 bits per heavy atom. The molecule has 1 aromatic rings. The zero-order valence-electron chi connectivity index (χ0n) is 18.1. The van der Waals surface area contributed by atoms with Crippen LogP contribution in [0, 0.1) is 11.3 Å². The Balaban J connectivity index is 2.21. The molecule has 1 unspecified atom stereocenters. The molecule has 150 valence electrons. The van der Waals surface area contributed by atoms with E-state index < -0.39 is 5.41 Å². The number of piperidine rings is 1. The maximum Gasteiger partial charge on any atom is 0.229 e. The summed E-state index contributed by atoms with van der Waals surface area (Å²) in [5, 5.41) is 3.23. The van der Waals surface area contributed by atoms with Crippen LogP contribution in [0.2, 0.25) is 0 Å². The van der Waals surface area contributed by atoms with Crippen molar-refractivity contribution in [3.8, 4) is 0 Å². The fourth-order valence-corrected chi connectivity index (χ4v) is 3.77.